The highest BCUT2D eigenvalue weighted by molar-refractivity contribution is 4.63. The lowest BCUT2D eigenvalue weighted by Crippen LogP contribution is -2.37. The number of hydroxylamine groups is 4. The molecule has 0 saturated carbocycles. The molecule has 0 atom stereocenters. The van der Waals surface area contributed by atoms with Gasteiger partial charge in [-0.2, -0.15) is 10.1 Å². The normalized spacial score (nSPS) is 11.6. The molecule has 0 bridgehead atoms. The summed E-state index contributed by atoms with van der Waals surface area (Å²) in [6.07, 6.45) is 1.92. The number of nitrogens with zero attached hydrogens (tertiary/aromatic N) is 2. The standard InChI is InChI=1S/C10H22N2O2/c1-6-8-13-12(7-2)9-11(5)14-10(3)4/h6,10H,1,7-9H2,2-5H3. The zero-order valence-electron chi connectivity index (χ0n) is 9.69. The minimum atomic E-state index is 0.193. The summed E-state index contributed by atoms with van der Waals surface area (Å²) in [5.74, 6) is 0. The molecule has 0 saturated heterocycles. The maximum absolute atomic E-state index is 5.45. The molecule has 0 rings (SSSR count). The Bertz CT molecular complexity index is 151. The van der Waals surface area contributed by atoms with Gasteiger partial charge in [-0.15, -0.1) is 6.58 Å². The van der Waals surface area contributed by atoms with Crippen LogP contribution in [0, 0.1) is 0 Å². The lowest BCUT2D eigenvalue weighted by atomic mass is 10.5. The van der Waals surface area contributed by atoms with Gasteiger partial charge in [-0.05, 0) is 13.8 Å². The summed E-state index contributed by atoms with van der Waals surface area (Å²) in [4.78, 5) is 10.8. The molecular formula is C10H22N2O2. The van der Waals surface area contributed by atoms with Crippen LogP contribution in [-0.4, -0.2) is 43.1 Å². The number of rotatable bonds is 8. The molecule has 0 aliphatic carbocycles. The van der Waals surface area contributed by atoms with Crippen molar-refractivity contribution in [1.29, 1.82) is 0 Å². The fraction of sp³-hybridized carbons (Fsp3) is 0.800. The van der Waals surface area contributed by atoms with Crippen molar-refractivity contribution in [2.75, 3.05) is 26.9 Å². The highest BCUT2D eigenvalue weighted by Crippen LogP contribution is 1.97. The highest BCUT2D eigenvalue weighted by atomic mass is 16.7. The smallest absolute Gasteiger partial charge is 0.0996 e. The Kier molecular flexibility index (Phi) is 7.70. The quantitative estimate of drug-likeness (QED) is 0.339. The molecule has 0 fully saturated rings. The van der Waals surface area contributed by atoms with Gasteiger partial charge in [0, 0.05) is 13.6 Å². The van der Waals surface area contributed by atoms with Crippen LogP contribution < -0.4 is 0 Å². The Morgan fingerprint density at radius 2 is 2.07 bits per heavy atom. The van der Waals surface area contributed by atoms with Crippen LogP contribution in [0.2, 0.25) is 0 Å². The molecule has 84 valence electrons. The largest absolute Gasteiger partial charge is 0.295 e. The molecule has 0 aromatic rings. The summed E-state index contributed by atoms with van der Waals surface area (Å²) in [6, 6.07) is 0. The molecule has 0 unspecified atom stereocenters. The second-order valence-corrected chi connectivity index (χ2v) is 3.31. The van der Waals surface area contributed by atoms with E-state index in [-0.39, 0.29) is 6.10 Å². The molecule has 0 aliphatic rings. The molecule has 4 nitrogen and oxygen atoms in total. The summed E-state index contributed by atoms with van der Waals surface area (Å²) in [6.45, 7) is 11.6. The molecule has 0 radical (unpaired) electrons. The molecular weight excluding hydrogens is 180 g/mol. The van der Waals surface area contributed by atoms with E-state index in [1.54, 1.807) is 11.1 Å². The highest BCUT2D eigenvalue weighted by Gasteiger charge is 2.07. The van der Waals surface area contributed by atoms with Crippen molar-refractivity contribution in [2.45, 2.75) is 26.9 Å². The summed E-state index contributed by atoms with van der Waals surface area (Å²) < 4.78 is 0. The van der Waals surface area contributed by atoms with Crippen molar-refractivity contribution in [2.24, 2.45) is 0 Å². The Morgan fingerprint density at radius 3 is 2.50 bits per heavy atom. The van der Waals surface area contributed by atoms with Gasteiger partial charge in [0.2, 0.25) is 0 Å². The van der Waals surface area contributed by atoms with Gasteiger partial charge < -0.3 is 0 Å². The van der Waals surface area contributed by atoms with Gasteiger partial charge in [-0.1, -0.05) is 13.0 Å². The van der Waals surface area contributed by atoms with E-state index < -0.39 is 0 Å². The van der Waals surface area contributed by atoms with Gasteiger partial charge in [0.1, 0.15) is 0 Å². The minimum Gasteiger partial charge on any atom is -0.295 e. The van der Waals surface area contributed by atoms with Crippen LogP contribution in [0.25, 0.3) is 0 Å². The monoisotopic (exact) mass is 202 g/mol. The molecule has 0 amide bonds. The summed E-state index contributed by atoms with van der Waals surface area (Å²) in [7, 11) is 1.89. The molecule has 14 heavy (non-hydrogen) atoms. The molecule has 0 aliphatic heterocycles. The third kappa shape index (κ3) is 7.03. The maximum atomic E-state index is 5.45. The lowest BCUT2D eigenvalue weighted by molar-refractivity contribution is -0.253. The van der Waals surface area contributed by atoms with Crippen molar-refractivity contribution in [3.8, 4) is 0 Å². The van der Waals surface area contributed by atoms with E-state index in [9.17, 15) is 0 Å². The Morgan fingerprint density at radius 1 is 1.43 bits per heavy atom. The Hall–Kier alpha value is -0.420. The minimum absolute atomic E-state index is 0.193. The van der Waals surface area contributed by atoms with Crippen molar-refractivity contribution in [3.05, 3.63) is 12.7 Å². The fourth-order valence-electron chi connectivity index (χ4n) is 1.01. The third-order valence-corrected chi connectivity index (χ3v) is 1.48. The summed E-state index contributed by atoms with van der Waals surface area (Å²) in [5, 5.41) is 3.58. The third-order valence-electron chi connectivity index (χ3n) is 1.48. The van der Waals surface area contributed by atoms with Crippen LogP contribution in [0.1, 0.15) is 20.8 Å². The van der Waals surface area contributed by atoms with Gasteiger partial charge in [-0.25, -0.2) is 0 Å². The van der Waals surface area contributed by atoms with Gasteiger partial charge in [0.25, 0.3) is 0 Å². The van der Waals surface area contributed by atoms with Crippen LogP contribution in [0.3, 0.4) is 0 Å². The SMILES string of the molecule is C=CCON(CC)CN(C)OC(C)C. The van der Waals surface area contributed by atoms with Crippen LogP contribution in [0.5, 0.6) is 0 Å². The summed E-state index contributed by atoms with van der Waals surface area (Å²) in [5.41, 5.74) is 0. The number of hydrogen-bond acceptors (Lipinski definition) is 4. The van der Waals surface area contributed by atoms with E-state index in [0.717, 1.165) is 6.54 Å². The topological polar surface area (TPSA) is 24.9 Å². The zero-order chi connectivity index (χ0) is 11.0. The Balaban J connectivity index is 3.73. The maximum Gasteiger partial charge on any atom is 0.0996 e. The zero-order valence-corrected chi connectivity index (χ0v) is 9.69. The van der Waals surface area contributed by atoms with Crippen molar-refractivity contribution < 1.29 is 9.68 Å². The van der Waals surface area contributed by atoms with Crippen LogP contribution in [0.4, 0.5) is 0 Å². The van der Waals surface area contributed by atoms with Crippen molar-refractivity contribution in [3.63, 3.8) is 0 Å². The first-order valence-electron chi connectivity index (χ1n) is 4.96. The van der Waals surface area contributed by atoms with E-state index in [0.29, 0.717) is 13.3 Å². The fourth-order valence-corrected chi connectivity index (χ4v) is 1.01. The van der Waals surface area contributed by atoms with Crippen LogP contribution in [-0.2, 0) is 9.68 Å². The van der Waals surface area contributed by atoms with Crippen LogP contribution in [0.15, 0.2) is 12.7 Å². The molecule has 0 aromatic heterocycles. The number of hydrogen-bond donors (Lipinski definition) is 0. The van der Waals surface area contributed by atoms with Crippen molar-refractivity contribution >= 4 is 0 Å². The molecule has 0 aromatic carbocycles. The van der Waals surface area contributed by atoms with E-state index in [4.69, 9.17) is 9.68 Å². The first-order valence-corrected chi connectivity index (χ1v) is 4.96. The van der Waals surface area contributed by atoms with Crippen LogP contribution >= 0.6 is 0 Å². The van der Waals surface area contributed by atoms with Gasteiger partial charge in [-0.3, -0.25) is 9.68 Å². The average Bonchev–Trinajstić information content (AvgIpc) is 2.10. The van der Waals surface area contributed by atoms with E-state index >= 15 is 0 Å². The predicted molar refractivity (Wildman–Crippen MR) is 57.4 cm³/mol. The summed E-state index contributed by atoms with van der Waals surface area (Å²) >= 11 is 0. The van der Waals surface area contributed by atoms with Gasteiger partial charge in [0.15, 0.2) is 0 Å². The second kappa shape index (κ2) is 7.94. The van der Waals surface area contributed by atoms with Gasteiger partial charge in [0.05, 0.1) is 19.4 Å². The first kappa shape index (κ1) is 13.6. The molecule has 4 heteroatoms. The van der Waals surface area contributed by atoms with E-state index in [1.165, 1.54) is 0 Å². The second-order valence-electron chi connectivity index (χ2n) is 3.31. The Labute approximate surface area is 87.0 Å². The molecule has 0 N–H and O–H groups in total. The molecule has 0 spiro atoms. The predicted octanol–water partition coefficient (Wildman–Crippen LogP) is 1.66. The molecule has 0 heterocycles. The van der Waals surface area contributed by atoms with Crippen molar-refractivity contribution in [1.82, 2.24) is 10.1 Å². The lowest BCUT2D eigenvalue weighted by Gasteiger charge is -2.26. The van der Waals surface area contributed by atoms with E-state index in [1.807, 2.05) is 32.9 Å². The van der Waals surface area contributed by atoms with Gasteiger partial charge >= 0.3 is 0 Å². The first-order chi connectivity index (χ1) is 6.60. The van der Waals surface area contributed by atoms with E-state index in [2.05, 4.69) is 6.58 Å². The average molecular weight is 202 g/mol.